The van der Waals surface area contributed by atoms with Gasteiger partial charge in [0, 0.05) is 7.05 Å². The zero-order valence-electron chi connectivity index (χ0n) is 10.1. The third kappa shape index (κ3) is 1.76. The number of nitrogens with zero attached hydrogens (tertiary/aromatic N) is 3. The molecule has 3 rings (SSSR count). The SMILES string of the molecule is Cn1ncnc1C(N)c1ccc2ccccc2c1. The molecule has 0 saturated carbocycles. The summed E-state index contributed by atoms with van der Waals surface area (Å²) in [4.78, 5) is 4.20. The van der Waals surface area contributed by atoms with E-state index < -0.39 is 0 Å². The highest BCUT2D eigenvalue weighted by Crippen LogP contribution is 2.22. The lowest BCUT2D eigenvalue weighted by molar-refractivity contribution is 0.659. The van der Waals surface area contributed by atoms with Gasteiger partial charge >= 0.3 is 0 Å². The molecule has 1 aromatic heterocycles. The third-order valence-electron chi connectivity index (χ3n) is 3.16. The fraction of sp³-hybridized carbons (Fsp3) is 0.143. The molecule has 18 heavy (non-hydrogen) atoms. The lowest BCUT2D eigenvalue weighted by Crippen LogP contribution is -2.17. The predicted octanol–water partition coefficient (Wildman–Crippen LogP) is 2.02. The van der Waals surface area contributed by atoms with E-state index >= 15 is 0 Å². The van der Waals surface area contributed by atoms with E-state index in [-0.39, 0.29) is 6.04 Å². The molecule has 3 aromatic rings. The van der Waals surface area contributed by atoms with Gasteiger partial charge in [0.2, 0.25) is 0 Å². The summed E-state index contributed by atoms with van der Waals surface area (Å²) in [6.45, 7) is 0. The number of hydrogen-bond acceptors (Lipinski definition) is 3. The summed E-state index contributed by atoms with van der Waals surface area (Å²) >= 11 is 0. The van der Waals surface area contributed by atoms with Crippen molar-refractivity contribution in [2.45, 2.75) is 6.04 Å². The lowest BCUT2D eigenvalue weighted by atomic mass is 10.0. The minimum atomic E-state index is -0.248. The maximum atomic E-state index is 6.23. The maximum absolute atomic E-state index is 6.23. The summed E-state index contributed by atoms with van der Waals surface area (Å²) in [6, 6.07) is 14.2. The van der Waals surface area contributed by atoms with Crippen LogP contribution in [0.25, 0.3) is 10.8 Å². The van der Waals surface area contributed by atoms with E-state index in [2.05, 4.69) is 34.3 Å². The van der Waals surface area contributed by atoms with Gasteiger partial charge in [0.1, 0.15) is 12.2 Å². The van der Waals surface area contributed by atoms with Crippen LogP contribution in [0.15, 0.2) is 48.8 Å². The Morgan fingerprint density at radius 2 is 1.89 bits per heavy atom. The molecule has 0 aliphatic rings. The van der Waals surface area contributed by atoms with Crippen LogP contribution in [0.2, 0.25) is 0 Å². The van der Waals surface area contributed by atoms with Crippen molar-refractivity contribution in [2.75, 3.05) is 0 Å². The number of nitrogens with two attached hydrogens (primary N) is 1. The first-order valence-corrected chi connectivity index (χ1v) is 5.84. The van der Waals surface area contributed by atoms with Gasteiger partial charge in [-0.2, -0.15) is 5.10 Å². The minimum Gasteiger partial charge on any atom is -0.318 e. The van der Waals surface area contributed by atoms with Crippen molar-refractivity contribution in [3.8, 4) is 0 Å². The second-order valence-corrected chi connectivity index (χ2v) is 4.33. The Bertz CT molecular complexity index is 687. The molecule has 90 valence electrons. The smallest absolute Gasteiger partial charge is 0.148 e. The molecule has 2 N–H and O–H groups in total. The van der Waals surface area contributed by atoms with Crippen LogP contribution in [-0.2, 0) is 7.05 Å². The molecule has 0 fully saturated rings. The molecule has 0 aliphatic carbocycles. The van der Waals surface area contributed by atoms with Crippen molar-refractivity contribution in [3.63, 3.8) is 0 Å². The van der Waals surface area contributed by atoms with Gasteiger partial charge in [0.25, 0.3) is 0 Å². The predicted molar refractivity (Wildman–Crippen MR) is 71.0 cm³/mol. The van der Waals surface area contributed by atoms with Gasteiger partial charge in [0.05, 0.1) is 6.04 Å². The maximum Gasteiger partial charge on any atom is 0.148 e. The summed E-state index contributed by atoms with van der Waals surface area (Å²) in [6.07, 6.45) is 1.52. The molecular weight excluding hydrogens is 224 g/mol. The van der Waals surface area contributed by atoms with Crippen LogP contribution in [0, 0.1) is 0 Å². The highest BCUT2D eigenvalue weighted by Gasteiger charge is 2.14. The second kappa shape index (κ2) is 4.23. The fourth-order valence-electron chi connectivity index (χ4n) is 2.14. The first kappa shape index (κ1) is 10.9. The summed E-state index contributed by atoms with van der Waals surface area (Å²) in [7, 11) is 1.85. The van der Waals surface area contributed by atoms with Crippen molar-refractivity contribution < 1.29 is 0 Å². The molecule has 1 heterocycles. The van der Waals surface area contributed by atoms with E-state index in [9.17, 15) is 0 Å². The Hall–Kier alpha value is -2.20. The summed E-state index contributed by atoms with van der Waals surface area (Å²) in [5.41, 5.74) is 7.28. The molecule has 4 nitrogen and oxygen atoms in total. The zero-order chi connectivity index (χ0) is 12.5. The topological polar surface area (TPSA) is 56.7 Å². The third-order valence-corrected chi connectivity index (χ3v) is 3.16. The molecule has 0 saturated heterocycles. The molecule has 2 aromatic carbocycles. The van der Waals surface area contributed by atoms with Gasteiger partial charge in [-0.3, -0.25) is 4.68 Å². The highest BCUT2D eigenvalue weighted by atomic mass is 15.3. The van der Waals surface area contributed by atoms with E-state index in [4.69, 9.17) is 5.73 Å². The van der Waals surface area contributed by atoms with Crippen molar-refractivity contribution in [1.82, 2.24) is 14.8 Å². The number of aryl methyl sites for hydroxylation is 1. The van der Waals surface area contributed by atoms with Crippen LogP contribution in [0.1, 0.15) is 17.4 Å². The molecule has 0 aliphatic heterocycles. The van der Waals surface area contributed by atoms with Gasteiger partial charge in [-0.15, -0.1) is 0 Å². The average molecular weight is 238 g/mol. The molecule has 1 atom stereocenters. The van der Waals surface area contributed by atoms with E-state index in [0.717, 1.165) is 11.4 Å². The quantitative estimate of drug-likeness (QED) is 0.743. The molecular formula is C14H14N4. The number of hydrogen-bond donors (Lipinski definition) is 1. The number of fused-ring (bicyclic) bond motifs is 1. The van der Waals surface area contributed by atoms with Crippen LogP contribution in [0.4, 0.5) is 0 Å². The van der Waals surface area contributed by atoms with Crippen LogP contribution < -0.4 is 5.73 Å². The van der Waals surface area contributed by atoms with Crippen molar-refractivity contribution >= 4 is 10.8 Å². The number of rotatable bonds is 2. The minimum absolute atomic E-state index is 0.248. The molecule has 0 amide bonds. The highest BCUT2D eigenvalue weighted by molar-refractivity contribution is 5.83. The van der Waals surface area contributed by atoms with Gasteiger partial charge in [0.15, 0.2) is 0 Å². The number of aromatic nitrogens is 3. The van der Waals surface area contributed by atoms with Crippen LogP contribution >= 0.6 is 0 Å². The van der Waals surface area contributed by atoms with Gasteiger partial charge < -0.3 is 5.73 Å². The van der Waals surface area contributed by atoms with Crippen LogP contribution in [0.3, 0.4) is 0 Å². The van der Waals surface area contributed by atoms with E-state index in [1.807, 2.05) is 25.2 Å². The van der Waals surface area contributed by atoms with E-state index in [1.165, 1.54) is 17.1 Å². The van der Waals surface area contributed by atoms with E-state index in [1.54, 1.807) is 4.68 Å². The second-order valence-electron chi connectivity index (χ2n) is 4.33. The Morgan fingerprint density at radius 1 is 1.11 bits per heavy atom. The molecule has 0 bridgehead atoms. The summed E-state index contributed by atoms with van der Waals surface area (Å²) < 4.78 is 1.71. The van der Waals surface area contributed by atoms with Crippen molar-refractivity contribution in [3.05, 3.63) is 60.2 Å². The van der Waals surface area contributed by atoms with E-state index in [0.29, 0.717) is 0 Å². The Balaban J connectivity index is 2.07. The number of benzene rings is 2. The van der Waals surface area contributed by atoms with Crippen molar-refractivity contribution in [2.24, 2.45) is 12.8 Å². The average Bonchev–Trinajstić information content (AvgIpc) is 2.83. The van der Waals surface area contributed by atoms with Gasteiger partial charge in [-0.05, 0) is 22.4 Å². The van der Waals surface area contributed by atoms with Crippen LogP contribution in [-0.4, -0.2) is 14.8 Å². The lowest BCUT2D eigenvalue weighted by Gasteiger charge is -2.11. The van der Waals surface area contributed by atoms with Gasteiger partial charge in [-0.25, -0.2) is 4.98 Å². The molecule has 4 heteroatoms. The molecule has 1 unspecified atom stereocenters. The summed E-state index contributed by atoms with van der Waals surface area (Å²) in [5.74, 6) is 0.769. The van der Waals surface area contributed by atoms with Crippen molar-refractivity contribution in [1.29, 1.82) is 0 Å². The largest absolute Gasteiger partial charge is 0.318 e. The molecule has 0 radical (unpaired) electrons. The Labute approximate surface area is 105 Å². The molecule has 0 spiro atoms. The fourth-order valence-corrected chi connectivity index (χ4v) is 2.14. The normalized spacial score (nSPS) is 12.8. The Kier molecular flexibility index (Phi) is 2.57. The first-order chi connectivity index (χ1) is 8.75. The zero-order valence-corrected chi connectivity index (χ0v) is 10.1. The van der Waals surface area contributed by atoms with Crippen LogP contribution in [0.5, 0.6) is 0 Å². The first-order valence-electron chi connectivity index (χ1n) is 5.84. The summed E-state index contributed by atoms with van der Waals surface area (Å²) in [5, 5.41) is 6.45. The van der Waals surface area contributed by atoms with Gasteiger partial charge in [-0.1, -0.05) is 36.4 Å². The Morgan fingerprint density at radius 3 is 2.61 bits per heavy atom. The monoisotopic (exact) mass is 238 g/mol. The standard InChI is InChI=1S/C14H14N4/c1-18-14(16-9-17-18)13(15)12-7-6-10-4-2-3-5-11(10)8-12/h2-9,13H,15H2,1H3.